The normalized spacial score (nSPS) is 22.5. The van der Waals surface area contributed by atoms with Crippen LogP contribution in [0.2, 0.25) is 0 Å². The van der Waals surface area contributed by atoms with Crippen molar-refractivity contribution in [1.29, 1.82) is 0 Å². The van der Waals surface area contributed by atoms with Crippen LogP contribution >= 0.6 is 0 Å². The Bertz CT molecular complexity index is 157. The molecule has 0 aromatic rings. The maximum Gasteiger partial charge on any atom is 0.133 e. The van der Waals surface area contributed by atoms with Gasteiger partial charge in [0.05, 0.1) is 0 Å². The van der Waals surface area contributed by atoms with Crippen molar-refractivity contribution in [2.75, 3.05) is 13.2 Å². The number of Topliss-reactive ketones (excluding diaryl/α,β-unsaturated/α-hetero) is 1. The Kier molecular flexibility index (Phi) is 4.43. The van der Waals surface area contributed by atoms with Crippen LogP contribution in [-0.4, -0.2) is 19.0 Å². The predicted octanol–water partition coefficient (Wildman–Crippen LogP) is 2.42. The van der Waals surface area contributed by atoms with Gasteiger partial charge in [0.25, 0.3) is 0 Å². The first-order valence-electron chi connectivity index (χ1n) is 5.28. The number of hydrogen-bond donors (Lipinski definition) is 0. The highest BCUT2D eigenvalue weighted by Crippen LogP contribution is 2.19. The van der Waals surface area contributed by atoms with Crippen LogP contribution in [-0.2, 0) is 9.53 Å². The third-order valence-corrected chi connectivity index (χ3v) is 2.49. The summed E-state index contributed by atoms with van der Waals surface area (Å²) in [6.45, 7) is 5.95. The average Bonchev–Trinajstić information content (AvgIpc) is 2.51. The Balaban J connectivity index is 2.07. The van der Waals surface area contributed by atoms with E-state index in [4.69, 9.17) is 4.74 Å². The van der Waals surface area contributed by atoms with Gasteiger partial charge in [0.15, 0.2) is 0 Å². The summed E-state index contributed by atoms with van der Waals surface area (Å²) in [5, 5.41) is 0. The van der Waals surface area contributed by atoms with Crippen molar-refractivity contribution >= 4 is 5.78 Å². The summed E-state index contributed by atoms with van der Waals surface area (Å²) < 4.78 is 5.26. The smallest absolute Gasteiger partial charge is 0.133 e. The van der Waals surface area contributed by atoms with Crippen LogP contribution in [0.15, 0.2) is 0 Å². The van der Waals surface area contributed by atoms with Crippen LogP contribution in [0.25, 0.3) is 0 Å². The second-order valence-corrected chi connectivity index (χ2v) is 4.40. The summed E-state index contributed by atoms with van der Waals surface area (Å²) in [4.78, 5) is 11.4. The molecule has 0 aliphatic carbocycles. The Morgan fingerprint density at radius 2 is 2.31 bits per heavy atom. The third kappa shape index (κ3) is 4.41. The summed E-state index contributed by atoms with van der Waals surface area (Å²) in [5.41, 5.74) is 0. The second kappa shape index (κ2) is 5.38. The molecule has 0 aromatic heterocycles. The molecule has 0 aromatic carbocycles. The zero-order valence-corrected chi connectivity index (χ0v) is 8.71. The number of carbonyl (C=O) groups is 1. The minimum absolute atomic E-state index is 0.418. The fraction of sp³-hybridized carbons (Fsp3) is 0.909. The van der Waals surface area contributed by atoms with Crippen molar-refractivity contribution in [2.45, 2.75) is 39.5 Å². The molecule has 76 valence electrons. The van der Waals surface area contributed by atoms with Gasteiger partial charge in [0, 0.05) is 26.1 Å². The number of ketones is 1. The van der Waals surface area contributed by atoms with Gasteiger partial charge in [-0.2, -0.15) is 0 Å². The molecule has 1 unspecified atom stereocenters. The number of hydrogen-bond acceptors (Lipinski definition) is 2. The van der Waals surface area contributed by atoms with Gasteiger partial charge in [-0.1, -0.05) is 13.8 Å². The Morgan fingerprint density at radius 1 is 1.54 bits per heavy atom. The molecule has 0 bridgehead atoms. The highest BCUT2D eigenvalue weighted by molar-refractivity contribution is 5.78. The first-order valence-corrected chi connectivity index (χ1v) is 5.28. The molecule has 1 heterocycles. The molecule has 0 amide bonds. The number of carbonyl (C=O) groups excluding carboxylic acids is 1. The van der Waals surface area contributed by atoms with E-state index in [0.717, 1.165) is 38.9 Å². The average molecular weight is 184 g/mol. The first-order chi connectivity index (χ1) is 6.18. The molecule has 13 heavy (non-hydrogen) atoms. The van der Waals surface area contributed by atoms with Gasteiger partial charge in [-0.05, 0) is 24.7 Å². The van der Waals surface area contributed by atoms with E-state index in [2.05, 4.69) is 13.8 Å². The number of rotatable bonds is 5. The van der Waals surface area contributed by atoms with E-state index in [1.807, 2.05) is 0 Å². The lowest BCUT2D eigenvalue weighted by molar-refractivity contribution is -0.120. The quantitative estimate of drug-likeness (QED) is 0.656. The van der Waals surface area contributed by atoms with Crippen molar-refractivity contribution in [3.05, 3.63) is 0 Å². The van der Waals surface area contributed by atoms with E-state index >= 15 is 0 Å². The molecule has 1 aliphatic rings. The van der Waals surface area contributed by atoms with Crippen molar-refractivity contribution in [1.82, 2.24) is 0 Å². The van der Waals surface area contributed by atoms with Gasteiger partial charge in [0.1, 0.15) is 5.78 Å². The topological polar surface area (TPSA) is 26.3 Å². The van der Waals surface area contributed by atoms with Crippen LogP contribution in [0.4, 0.5) is 0 Å². The summed E-state index contributed by atoms with van der Waals surface area (Å²) in [6, 6.07) is 0. The largest absolute Gasteiger partial charge is 0.381 e. The highest BCUT2D eigenvalue weighted by atomic mass is 16.5. The Labute approximate surface area is 80.7 Å². The van der Waals surface area contributed by atoms with E-state index < -0.39 is 0 Å². The molecular weight excluding hydrogens is 164 g/mol. The predicted molar refractivity (Wildman–Crippen MR) is 52.6 cm³/mol. The van der Waals surface area contributed by atoms with Crippen LogP contribution in [0, 0.1) is 11.8 Å². The van der Waals surface area contributed by atoms with E-state index in [0.29, 0.717) is 17.6 Å². The van der Waals surface area contributed by atoms with E-state index in [-0.39, 0.29) is 0 Å². The molecule has 1 aliphatic heterocycles. The maximum atomic E-state index is 11.4. The van der Waals surface area contributed by atoms with Gasteiger partial charge in [-0.15, -0.1) is 0 Å². The second-order valence-electron chi connectivity index (χ2n) is 4.40. The molecule has 1 fully saturated rings. The van der Waals surface area contributed by atoms with Crippen LogP contribution in [0.1, 0.15) is 39.5 Å². The fourth-order valence-corrected chi connectivity index (χ4v) is 1.73. The molecule has 1 atom stereocenters. The van der Waals surface area contributed by atoms with E-state index in [9.17, 15) is 4.79 Å². The minimum atomic E-state index is 0.418. The number of ether oxygens (including phenoxy) is 1. The lowest BCUT2D eigenvalue weighted by Gasteiger charge is -2.07. The fourth-order valence-electron chi connectivity index (χ4n) is 1.73. The molecule has 0 spiro atoms. The standard InChI is InChI=1S/C11H20O2/c1-9(2)7-11(12)4-3-10-5-6-13-8-10/h9-10H,3-8H2,1-2H3. The van der Waals surface area contributed by atoms with Crippen LogP contribution in [0.5, 0.6) is 0 Å². The summed E-state index contributed by atoms with van der Waals surface area (Å²) >= 11 is 0. The van der Waals surface area contributed by atoms with Gasteiger partial charge in [0.2, 0.25) is 0 Å². The Morgan fingerprint density at radius 3 is 2.85 bits per heavy atom. The highest BCUT2D eigenvalue weighted by Gasteiger charge is 2.16. The first kappa shape index (κ1) is 10.7. The van der Waals surface area contributed by atoms with Gasteiger partial charge < -0.3 is 4.74 Å². The third-order valence-electron chi connectivity index (χ3n) is 2.49. The summed E-state index contributed by atoms with van der Waals surface area (Å²) in [6.07, 6.45) is 3.68. The van der Waals surface area contributed by atoms with Crippen molar-refractivity contribution < 1.29 is 9.53 Å². The van der Waals surface area contributed by atoms with Gasteiger partial charge >= 0.3 is 0 Å². The molecule has 2 heteroatoms. The van der Waals surface area contributed by atoms with Gasteiger partial charge in [-0.25, -0.2) is 0 Å². The molecule has 0 radical (unpaired) electrons. The van der Waals surface area contributed by atoms with Crippen molar-refractivity contribution in [3.63, 3.8) is 0 Å². The van der Waals surface area contributed by atoms with E-state index in [1.165, 1.54) is 0 Å². The van der Waals surface area contributed by atoms with Crippen LogP contribution < -0.4 is 0 Å². The van der Waals surface area contributed by atoms with Crippen molar-refractivity contribution in [3.8, 4) is 0 Å². The molecule has 2 nitrogen and oxygen atoms in total. The van der Waals surface area contributed by atoms with Crippen LogP contribution in [0.3, 0.4) is 0 Å². The van der Waals surface area contributed by atoms with Crippen molar-refractivity contribution in [2.24, 2.45) is 11.8 Å². The minimum Gasteiger partial charge on any atom is -0.381 e. The molecule has 0 saturated carbocycles. The monoisotopic (exact) mass is 184 g/mol. The summed E-state index contributed by atoms with van der Waals surface area (Å²) in [5.74, 6) is 1.57. The zero-order chi connectivity index (χ0) is 9.68. The maximum absolute atomic E-state index is 11.4. The Hall–Kier alpha value is -0.370. The zero-order valence-electron chi connectivity index (χ0n) is 8.71. The van der Waals surface area contributed by atoms with Gasteiger partial charge in [-0.3, -0.25) is 4.79 Å². The summed E-state index contributed by atoms with van der Waals surface area (Å²) in [7, 11) is 0. The molecule has 1 rings (SSSR count). The molecular formula is C11H20O2. The SMILES string of the molecule is CC(C)CC(=O)CCC1CCOC1. The lowest BCUT2D eigenvalue weighted by Crippen LogP contribution is -2.07. The molecule has 1 saturated heterocycles. The van der Waals surface area contributed by atoms with E-state index in [1.54, 1.807) is 0 Å². The lowest BCUT2D eigenvalue weighted by atomic mass is 9.97. The molecule has 0 N–H and O–H groups in total.